The first-order valence-corrected chi connectivity index (χ1v) is 12.1. The minimum atomic E-state index is -0.446. The monoisotopic (exact) mass is 454 g/mol. The third-order valence-electron chi connectivity index (χ3n) is 7.70. The van der Waals surface area contributed by atoms with Gasteiger partial charge < -0.3 is 9.72 Å². The van der Waals surface area contributed by atoms with E-state index in [2.05, 4.69) is 25.8 Å². The van der Waals surface area contributed by atoms with Crippen molar-refractivity contribution in [1.29, 1.82) is 0 Å². The average Bonchev–Trinajstić information content (AvgIpc) is 3.29. The number of hydrogen-bond donors (Lipinski definition) is 1. The molecule has 2 heterocycles. The van der Waals surface area contributed by atoms with Gasteiger partial charge in [0.05, 0.1) is 11.1 Å². The number of nitrogens with one attached hydrogen (secondary N) is 1. The third-order valence-corrected chi connectivity index (χ3v) is 7.70. The van der Waals surface area contributed by atoms with Gasteiger partial charge in [-0.2, -0.15) is 0 Å². The topological polar surface area (TPSA) is 72.0 Å². The Kier molecular flexibility index (Phi) is 5.72. The van der Waals surface area contributed by atoms with Crippen molar-refractivity contribution in [2.75, 3.05) is 6.61 Å². The van der Waals surface area contributed by atoms with Gasteiger partial charge in [-0.05, 0) is 48.3 Å². The summed E-state index contributed by atoms with van der Waals surface area (Å²) in [6, 6.07) is 15.3. The second-order valence-electron chi connectivity index (χ2n) is 9.96. The third kappa shape index (κ3) is 3.89. The number of rotatable bonds is 6. The molecular weight excluding hydrogens is 424 g/mol. The maximum absolute atomic E-state index is 13.5. The number of ketones is 1. The Morgan fingerprint density at radius 3 is 2.62 bits per heavy atom. The zero-order valence-corrected chi connectivity index (χ0v) is 20.0. The Balaban J connectivity index is 1.47. The molecule has 1 atom stereocenters. The number of pyridine rings is 1. The van der Waals surface area contributed by atoms with Gasteiger partial charge in [0.1, 0.15) is 0 Å². The van der Waals surface area contributed by atoms with Crippen molar-refractivity contribution in [3.63, 3.8) is 0 Å². The highest BCUT2D eigenvalue weighted by Crippen LogP contribution is 2.41. The van der Waals surface area contributed by atoms with E-state index in [0.29, 0.717) is 17.0 Å². The number of nitrogens with zero attached hydrogens (tertiary/aromatic N) is 1. The summed E-state index contributed by atoms with van der Waals surface area (Å²) in [5.74, 6) is -0.201. The molecule has 0 aliphatic heterocycles. The normalized spacial score (nSPS) is 15.9. The molecule has 0 spiro atoms. The lowest BCUT2D eigenvalue weighted by Crippen LogP contribution is -2.31. The van der Waals surface area contributed by atoms with Crippen LogP contribution < -0.4 is 0 Å². The Morgan fingerprint density at radius 2 is 1.82 bits per heavy atom. The number of aromatic amines is 1. The molecular formula is C29H30N2O3. The van der Waals surface area contributed by atoms with Crippen LogP contribution in [0.25, 0.3) is 21.8 Å². The Labute approximate surface area is 199 Å². The molecule has 174 valence electrons. The number of ether oxygens (including phenoxy) is 1. The number of aromatic nitrogens is 2. The number of para-hydroxylation sites is 2. The van der Waals surface area contributed by atoms with Crippen LogP contribution in [0.1, 0.15) is 65.6 Å². The number of esters is 1. The summed E-state index contributed by atoms with van der Waals surface area (Å²) in [6.45, 7) is 6.53. The second kappa shape index (κ2) is 8.71. The van der Waals surface area contributed by atoms with E-state index in [1.807, 2.05) is 48.5 Å². The number of Topliss-reactive ketones (excluding diaryl/α,β-unsaturated/α-hetero) is 1. The van der Waals surface area contributed by atoms with Crippen molar-refractivity contribution in [1.82, 2.24) is 9.97 Å². The van der Waals surface area contributed by atoms with Crippen LogP contribution in [0.2, 0.25) is 0 Å². The fourth-order valence-corrected chi connectivity index (χ4v) is 5.16. The zero-order valence-electron chi connectivity index (χ0n) is 20.0. The van der Waals surface area contributed by atoms with E-state index in [-0.39, 0.29) is 17.8 Å². The molecule has 0 fully saturated rings. The van der Waals surface area contributed by atoms with Crippen molar-refractivity contribution < 1.29 is 14.3 Å². The van der Waals surface area contributed by atoms with Crippen LogP contribution in [-0.2, 0) is 17.6 Å². The molecule has 34 heavy (non-hydrogen) atoms. The lowest BCUT2D eigenvalue weighted by molar-refractivity contribution is 0.0474. The number of fused-ring (bicyclic) bond motifs is 3. The smallest absolute Gasteiger partial charge is 0.339 e. The molecule has 0 saturated heterocycles. The quantitative estimate of drug-likeness (QED) is 0.274. The van der Waals surface area contributed by atoms with Gasteiger partial charge in [-0.25, -0.2) is 4.79 Å². The summed E-state index contributed by atoms with van der Waals surface area (Å²) in [7, 11) is 0. The van der Waals surface area contributed by atoms with Gasteiger partial charge in [-0.3, -0.25) is 9.78 Å². The first-order chi connectivity index (χ1) is 16.4. The average molecular weight is 455 g/mol. The first-order valence-electron chi connectivity index (χ1n) is 12.1. The molecule has 1 aliphatic carbocycles. The molecule has 0 radical (unpaired) electrons. The Morgan fingerprint density at radius 1 is 1.09 bits per heavy atom. The minimum Gasteiger partial charge on any atom is -0.454 e. The van der Waals surface area contributed by atoms with E-state index in [1.165, 1.54) is 0 Å². The maximum atomic E-state index is 13.5. The number of carbonyl (C=O) groups excluding carboxylic acids is 2. The van der Waals surface area contributed by atoms with Crippen molar-refractivity contribution in [3.8, 4) is 0 Å². The number of hydrogen-bond acceptors (Lipinski definition) is 4. The molecule has 0 unspecified atom stereocenters. The van der Waals surface area contributed by atoms with Gasteiger partial charge in [0.2, 0.25) is 5.78 Å². The van der Waals surface area contributed by atoms with Crippen molar-refractivity contribution in [2.45, 2.75) is 46.5 Å². The van der Waals surface area contributed by atoms with Gasteiger partial charge >= 0.3 is 5.97 Å². The zero-order chi connectivity index (χ0) is 23.9. The van der Waals surface area contributed by atoms with Crippen LogP contribution in [0.5, 0.6) is 0 Å². The number of carbonyl (C=O) groups is 2. The molecule has 0 bridgehead atoms. The fraction of sp³-hybridized carbons (Fsp3) is 0.345. The summed E-state index contributed by atoms with van der Waals surface area (Å²) in [5.41, 5.74) is 4.94. The molecule has 1 N–H and O–H groups in total. The van der Waals surface area contributed by atoms with Gasteiger partial charge in [0.15, 0.2) is 6.61 Å². The molecule has 5 heteroatoms. The summed E-state index contributed by atoms with van der Waals surface area (Å²) in [4.78, 5) is 34.4. The largest absolute Gasteiger partial charge is 0.454 e. The first kappa shape index (κ1) is 22.3. The van der Waals surface area contributed by atoms with E-state index in [1.54, 1.807) is 6.20 Å². The van der Waals surface area contributed by atoms with Crippen LogP contribution in [-0.4, -0.2) is 28.3 Å². The van der Waals surface area contributed by atoms with Gasteiger partial charge in [0.25, 0.3) is 0 Å². The van der Waals surface area contributed by atoms with E-state index < -0.39 is 5.97 Å². The van der Waals surface area contributed by atoms with Gasteiger partial charge in [0, 0.05) is 33.7 Å². The highest BCUT2D eigenvalue weighted by Gasteiger charge is 2.34. The molecule has 1 aliphatic rings. The SMILES string of the molecule is CCC(C)(C)[C@H]1CCc2nc3ccccc3c(C(=O)OCC(=O)c3c[nH]c4ccccc34)c2C1. The number of benzene rings is 2. The summed E-state index contributed by atoms with van der Waals surface area (Å²) in [6.07, 6.45) is 5.47. The fourth-order valence-electron chi connectivity index (χ4n) is 5.16. The molecule has 2 aromatic heterocycles. The number of H-pyrrole nitrogens is 1. The minimum absolute atomic E-state index is 0.176. The molecule has 4 aromatic rings. The predicted molar refractivity (Wildman–Crippen MR) is 134 cm³/mol. The van der Waals surface area contributed by atoms with E-state index in [0.717, 1.165) is 58.7 Å². The lowest BCUT2D eigenvalue weighted by Gasteiger charge is -2.37. The van der Waals surface area contributed by atoms with Crippen LogP contribution in [0.15, 0.2) is 54.7 Å². The highest BCUT2D eigenvalue weighted by atomic mass is 16.5. The van der Waals surface area contributed by atoms with Crippen LogP contribution in [0, 0.1) is 11.3 Å². The molecule has 2 aromatic carbocycles. The maximum Gasteiger partial charge on any atom is 0.339 e. The predicted octanol–water partition coefficient (Wildman–Crippen LogP) is 6.30. The van der Waals surface area contributed by atoms with E-state index in [9.17, 15) is 9.59 Å². The van der Waals surface area contributed by atoms with E-state index in [4.69, 9.17) is 9.72 Å². The van der Waals surface area contributed by atoms with Gasteiger partial charge in [-0.15, -0.1) is 0 Å². The lowest BCUT2D eigenvalue weighted by atomic mass is 9.68. The van der Waals surface area contributed by atoms with Gasteiger partial charge in [-0.1, -0.05) is 63.6 Å². The molecule has 5 nitrogen and oxygen atoms in total. The standard InChI is InChI=1S/C29H30N2O3/c1-4-29(2,3)18-13-14-25-21(15-18)27(20-10-6-8-12-24(20)31-25)28(33)34-17-26(32)22-16-30-23-11-7-5-9-19(22)23/h5-12,16,18,30H,4,13-15,17H2,1-3H3/t18-/m0/s1. The van der Waals surface area contributed by atoms with Crippen LogP contribution in [0.3, 0.4) is 0 Å². The van der Waals surface area contributed by atoms with Crippen LogP contribution >= 0.6 is 0 Å². The molecule has 5 rings (SSSR count). The van der Waals surface area contributed by atoms with Crippen molar-refractivity contribution >= 4 is 33.6 Å². The van der Waals surface area contributed by atoms with Crippen molar-refractivity contribution in [2.24, 2.45) is 11.3 Å². The highest BCUT2D eigenvalue weighted by molar-refractivity contribution is 6.10. The summed E-state index contributed by atoms with van der Waals surface area (Å²) >= 11 is 0. The Bertz CT molecular complexity index is 1400. The van der Waals surface area contributed by atoms with E-state index >= 15 is 0 Å². The molecule has 0 amide bonds. The summed E-state index contributed by atoms with van der Waals surface area (Å²) in [5, 5.41) is 1.63. The summed E-state index contributed by atoms with van der Waals surface area (Å²) < 4.78 is 5.65. The van der Waals surface area contributed by atoms with Crippen molar-refractivity contribution in [3.05, 3.63) is 77.1 Å². The second-order valence-corrected chi connectivity index (χ2v) is 9.96. The van der Waals surface area contributed by atoms with Crippen LogP contribution in [0.4, 0.5) is 0 Å². The number of aryl methyl sites for hydroxylation is 1. The molecule has 0 saturated carbocycles. The Hall–Kier alpha value is -3.47.